The molecule has 2 rings (SSSR count). The highest BCUT2D eigenvalue weighted by atomic mass is 14.7. The molecule has 66 valence electrons. The number of hydrogen-bond acceptors (Lipinski definition) is 1. The molecule has 3 unspecified atom stereocenters. The molecule has 2 aliphatic carbocycles. The Labute approximate surface area is 70.1 Å². The quantitative estimate of drug-likeness (QED) is 0.572. The molecule has 1 nitrogen and oxygen atoms in total. The van der Waals surface area contributed by atoms with Crippen LogP contribution in [0.1, 0.15) is 40.5 Å². The zero-order chi connectivity index (χ0) is 7.57. The largest absolute Gasteiger partial charge is 0.344 e. The van der Waals surface area contributed by atoms with Gasteiger partial charge >= 0.3 is 0 Å². The van der Waals surface area contributed by atoms with Gasteiger partial charge in [-0.05, 0) is 35.5 Å². The van der Waals surface area contributed by atoms with E-state index in [1.165, 1.54) is 12.8 Å². The molecular formula is C10H21N. The SMILES string of the molecule is CC1CC2CC2(C)C1(C)C.N. The van der Waals surface area contributed by atoms with Crippen molar-refractivity contribution in [2.45, 2.75) is 40.5 Å². The summed E-state index contributed by atoms with van der Waals surface area (Å²) in [5, 5.41) is 0. The van der Waals surface area contributed by atoms with Crippen LogP contribution in [0.15, 0.2) is 0 Å². The summed E-state index contributed by atoms with van der Waals surface area (Å²) < 4.78 is 0. The number of hydrogen-bond donors (Lipinski definition) is 1. The van der Waals surface area contributed by atoms with E-state index in [1.807, 2.05) is 0 Å². The summed E-state index contributed by atoms with van der Waals surface area (Å²) in [5.41, 5.74) is 1.35. The minimum absolute atomic E-state index is 0. The van der Waals surface area contributed by atoms with Gasteiger partial charge in [0.1, 0.15) is 0 Å². The molecule has 0 aromatic heterocycles. The highest BCUT2D eigenvalue weighted by Crippen LogP contribution is 2.73. The van der Waals surface area contributed by atoms with Gasteiger partial charge in [-0.1, -0.05) is 27.7 Å². The second-order valence-corrected chi connectivity index (χ2v) is 5.18. The van der Waals surface area contributed by atoms with Crippen LogP contribution in [0.4, 0.5) is 0 Å². The minimum Gasteiger partial charge on any atom is -0.344 e. The second kappa shape index (κ2) is 2.01. The third-order valence-corrected chi connectivity index (χ3v) is 4.75. The molecule has 0 saturated heterocycles. The average Bonchev–Trinajstić information content (AvgIpc) is 2.39. The van der Waals surface area contributed by atoms with Crippen molar-refractivity contribution in [3.8, 4) is 0 Å². The fourth-order valence-electron chi connectivity index (χ4n) is 2.87. The molecule has 3 atom stereocenters. The third-order valence-electron chi connectivity index (χ3n) is 4.75. The summed E-state index contributed by atoms with van der Waals surface area (Å²) in [6.07, 6.45) is 2.99. The van der Waals surface area contributed by atoms with E-state index in [2.05, 4.69) is 27.7 Å². The molecular weight excluding hydrogens is 134 g/mol. The van der Waals surface area contributed by atoms with Crippen molar-refractivity contribution in [3.05, 3.63) is 0 Å². The van der Waals surface area contributed by atoms with Gasteiger partial charge in [0.25, 0.3) is 0 Å². The summed E-state index contributed by atoms with van der Waals surface area (Å²) >= 11 is 0. The van der Waals surface area contributed by atoms with Crippen LogP contribution in [0.3, 0.4) is 0 Å². The zero-order valence-corrected chi connectivity index (χ0v) is 8.28. The molecule has 0 aromatic carbocycles. The van der Waals surface area contributed by atoms with Crippen LogP contribution in [0.5, 0.6) is 0 Å². The van der Waals surface area contributed by atoms with E-state index in [9.17, 15) is 0 Å². The first-order valence-corrected chi connectivity index (χ1v) is 4.48. The molecule has 0 heterocycles. The van der Waals surface area contributed by atoms with Crippen molar-refractivity contribution >= 4 is 0 Å². The van der Waals surface area contributed by atoms with Crippen molar-refractivity contribution in [3.63, 3.8) is 0 Å². The van der Waals surface area contributed by atoms with Crippen molar-refractivity contribution in [1.82, 2.24) is 6.15 Å². The van der Waals surface area contributed by atoms with Gasteiger partial charge < -0.3 is 6.15 Å². The van der Waals surface area contributed by atoms with Gasteiger partial charge in [-0.15, -0.1) is 0 Å². The van der Waals surface area contributed by atoms with E-state index < -0.39 is 0 Å². The summed E-state index contributed by atoms with van der Waals surface area (Å²) in [4.78, 5) is 0. The Kier molecular flexibility index (Phi) is 1.65. The predicted molar refractivity (Wildman–Crippen MR) is 48.8 cm³/mol. The average molecular weight is 155 g/mol. The molecule has 2 saturated carbocycles. The molecule has 0 amide bonds. The molecule has 0 aromatic rings. The van der Waals surface area contributed by atoms with Crippen molar-refractivity contribution in [2.24, 2.45) is 22.7 Å². The van der Waals surface area contributed by atoms with E-state index in [1.54, 1.807) is 0 Å². The van der Waals surface area contributed by atoms with Crippen molar-refractivity contribution in [2.75, 3.05) is 0 Å². The van der Waals surface area contributed by atoms with E-state index in [-0.39, 0.29) is 6.15 Å². The lowest BCUT2D eigenvalue weighted by molar-refractivity contribution is 0.161. The van der Waals surface area contributed by atoms with Gasteiger partial charge in [0.2, 0.25) is 0 Å². The van der Waals surface area contributed by atoms with Crippen LogP contribution in [0.25, 0.3) is 0 Å². The molecule has 3 N–H and O–H groups in total. The molecule has 0 aliphatic heterocycles. The third kappa shape index (κ3) is 0.807. The van der Waals surface area contributed by atoms with Crippen molar-refractivity contribution in [1.29, 1.82) is 0 Å². The lowest BCUT2D eigenvalue weighted by atomic mass is 9.72. The molecule has 2 fully saturated rings. The van der Waals surface area contributed by atoms with Gasteiger partial charge in [-0.25, -0.2) is 0 Å². The van der Waals surface area contributed by atoms with Gasteiger partial charge in [0, 0.05) is 0 Å². The number of fused-ring (bicyclic) bond motifs is 1. The van der Waals surface area contributed by atoms with Gasteiger partial charge in [-0.2, -0.15) is 0 Å². The Morgan fingerprint density at radius 3 is 1.91 bits per heavy atom. The minimum atomic E-state index is 0. The summed E-state index contributed by atoms with van der Waals surface area (Å²) in [6.45, 7) is 9.79. The Morgan fingerprint density at radius 2 is 1.73 bits per heavy atom. The van der Waals surface area contributed by atoms with Crippen LogP contribution in [0.2, 0.25) is 0 Å². The van der Waals surface area contributed by atoms with E-state index >= 15 is 0 Å². The lowest BCUT2D eigenvalue weighted by Crippen LogP contribution is -2.25. The first kappa shape index (κ1) is 9.05. The second-order valence-electron chi connectivity index (χ2n) is 5.18. The Morgan fingerprint density at radius 1 is 1.18 bits per heavy atom. The Hall–Kier alpha value is -0.0400. The van der Waals surface area contributed by atoms with E-state index in [0.717, 1.165) is 17.3 Å². The van der Waals surface area contributed by atoms with Crippen LogP contribution >= 0.6 is 0 Å². The summed E-state index contributed by atoms with van der Waals surface area (Å²) in [7, 11) is 0. The highest BCUT2D eigenvalue weighted by Gasteiger charge is 2.65. The molecule has 2 aliphatic rings. The fourth-order valence-corrected chi connectivity index (χ4v) is 2.87. The lowest BCUT2D eigenvalue weighted by Gasteiger charge is -2.33. The maximum Gasteiger partial charge on any atom is -0.0241 e. The fraction of sp³-hybridized carbons (Fsp3) is 1.00. The molecule has 0 radical (unpaired) electrons. The summed E-state index contributed by atoms with van der Waals surface area (Å²) in [6, 6.07) is 0. The van der Waals surface area contributed by atoms with Crippen molar-refractivity contribution < 1.29 is 0 Å². The Balaban J connectivity index is 0.000000605. The molecule has 1 heteroatoms. The maximum atomic E-state index is 2.47. The smallest absolute Gasteiger partial charge is 0.0241 e. The predicted octanol–water partition coefficient (Wildman–Crippen LogP) is 3.24. The maximum absolute atomic E-state index is 2.47. The van der Waals surface area contributed by atoms with E-state index in [0.29, 0.717) is 5.41 Å². The first-order chi connectivity index (χ1) is 4.48. The van der Waals surface area contributed by atoms with E-state index in [4.69, 9.17) is 0 Å². The standard InChI is InChI=1S/C10H18.H3N/c1-7-5-8-6-10(8,4)9(7,2)3;/h7-8H,5-6H2,1-4H3;1H3. The normalized spacial score (nSPS) is 51.3. The highest BCUT2D eigenvalue weighted by molar-refractivity contribution is 5.14. The zero-order valence-electron chi connectivity index (χ0n) is 8.28. The van der Waals surface area contributed by atoms with Crippen LogP contribution in [-0.2, 0) is 0 Å². The monoisotopic (exact) mass is 155 g/mol. The van der Waals surface area contributed by atoms with Gasteiger partial charge in [-0.3, -0.25) is 0 Å². The molecule has 0 spiro atoms. The molecule has 11 heavy (non-hydrogen) atoms. The van der Waals surface area contributed by atoms with Crippen LogP contribution in [0, 0.1) is 22.7 Å². The van der Waals surface area contributed by atoms with Gasteiger partial charge in [0.05, 0.1) is 0 Å². The Bertz CT molecular complexity index is 174. The van der Waals surface area contributed by atoms with Crippen LogP contribution < -0.4 is 6.15 Å². The first-order valence-electron chi connectivity index (χ1n) is 4.48. The summed E-state index contributed by atoms with van der Waals surface area (Å²) in [5.74, 6) is 2.04. The number of rotatable bonds is 0. The topological polar surface area (TPSA) is 35.0 Å². The molecule has 0 bridgehead atoms. The van der Waals surface area contributed by atoms with Gasteiger partial charge in [0.15, 0.2) is 0 Å². The van der Waals surface area contributed by atoms with Crippen LogP contribution in [-0.4, -0.2) is 0 Å².